The van der Waals surface area contributed by atoms with Crippen molar-refractivity contribution in [2.75, 3.05) is 40.0 Å². The maximum Gasteiger partial charge on any atom is 0.317 e. The highest BCUT2D eigenvalue weighted by Crippen LogP contribution is 2.48. The lowest BCUT2D eigenvalue weighted by Gasteiger charge is -2.33. The largest absolute Gasteiger partial charge is 0.382 e. The molecule has 0 bridgehead atoms. The first kappa shape index (κ1) is 16.2. The summed E-state index contributed by atoms with van der Waals surface area (Å²) in [5.74, 6) is -0.189. The van der Waals surface area contributed by atoms with Crippen molar-refractivity contribution >= 4 is 6.03 Å². The second-order valence-electron chi connectivity index (χ2n) is 6.31. The molecule has 1 heterocycles. The smallest absolute Gasteiger partial charge is 0.317 e. The number of rotatable bonds is 5. The molecule has 6 heteroatoms. The van der Waals surface area contributed by atoms with E-state index >= 15 is 0 Å². The van der Waals surface area contributed by atoms with Gasteiger partial charge in [0.1, 0.15) is 5.82 Å². The lowest BCUT2D eigenvalue weighted by Crippen LogP contribution is -2.51. The van der Waals surface area contributed by atoms with Crippen LogP contribution < -0.4 is 5.32 Å². The third kappa shape index (κ3) is 3.64. The number of nitrogens with zero attached hydrogens (tertiary/aromatic N) is 1. The van der Waals surface area contributed by atoms with E-state index in [2.05, 4.69) is 5.32 Å². The number of ether oxygens (including phenoxy) is 2. The Bertz CT molecular complexity index is 561. The van der Waals surface area contributed by atoms with Crippen LogP contribution in [0.5, 0.6) is 0 Å². The number of halogens is 1. The Labute approximate surface area is 135 Å². The van der Waals surface area contributed by atoms with Gasteiger partial charge in [-0.2, -0.15) is 0 Å². The molecule has 1 saturated carbocycles. The molecule has 23 heavy (non-hydrogen) atoms. The van der Waals surface area contributed by atoms with E-state index in [1.807, 2.05) is 12.1 Å². The van der Waals surface area contributed by atoms with Gasteiger partial charge in [0.05, 0.1) is 25.9 Å². The number of amides is 2. The third-order valence-corrected chi connectivity index (χ3v) is 4.66. The number of benzene rings is 1. The highest BCUT2D eigenvalue weighted by molar-refractivity contribution is 5.74. The van der Waals surface area contributed by atoms with Crippen LogP contribution in [0.25, 0.3) is 0 Å². The number of urea groups is 1. The number of carbonyl (C=O) groups is 1. The monoisotopic (exact) mass is 322 g/mol. The molecule has 0 unspecified atom stereocenters. The number of nitrogens with one attached hydrogen (secondary N) is 1. The topological polar surface area (TPSA) is 50.8 Å². The van der Waals surface area contributed by atoms with Gasteiger partial charge >= 0.3 is 6.03 Å². The quantitative estimate of drug-likeness (QED) is 0.901. The Kier molecular flexibility index (Phi) is 4.82. The molecule has 2 fully saturated rings. The average molecular weight is 322 g/mol. The molecule has 1 aliphatic heterocycles. The van der Waals surface area contributed by atoms with Crippen molar-refractivity contribution in [2.24, 2.45) is 0 Å². The normalized spacial score (nSPS) is 22.7. The SMILES string of the molecule is COC[C@H]1CN(C(=O)NCC2(c3ccccc3F)CC2)CCO1. The van der Waals surface area contributed by atoms with Gasteiger partial charge in [0.2, 0.25) is 0 Å². The second-order valence-corrected chi connectivity index (χ2v) is 6.31. The van der Waals surface area contributed by atoms with Crippen LogP contribution in [-0.2, 0) is 14.9 Å². The molecule has 126 valence electrons. The molecule has 1 aromatic rings. The van der Waals surface area contributed by atoms with Gasteiger partial charge in [0.15, 0.2) is 0 Å². The number of hydrogen-bond donors (Lipinski definition) is 1. The van der Waals surface area contributed by atoms with Crippen molar-refractivity contribution in [3.05, 3.63) is 35.6 Å². The molecule has 1 atom stereocenters. The number of methoxy groups -OCH3 is 1. The molecule has 0 radical (unpaired) electrons. The summed E-state index contributed by atoms with van der Waals surface area (Å²) in [6, 6.07) is 6.72. The number of carbonyl (C=O) groups excluding carboxylic acids is 1. The fourth-order valence-corrected chi connectivity index (χ4v) is 3.13. The van der Waals surface area contributed by atoms with Gasteiger partial charge in [-0.15, -0.1) is 0 Å². The number of hydrogen-bond acceptors (Lipinski definition) is 3. The van der Waals surface area contributed by atoms with E-state index in [1.165, 1.54) is 6.07 Å². The zero-order valence-electron chi connectivity index (χ0n) is 13.4. The first-order valence-electron chi connectivity index (χ1n) is 8.03. The minimum absolute atomic E-state index is 0.0825. The second kappa shape index (κ2) is 6.84. The molecule has 5 nitrogen and oxygen atoms in total. The van der Waals surface area contributed by atoms with E-state index in [1.54, 1.807) is 18.1 Å². The Hall–Kier alpha value is -1.66. The summed E-state index contributed by atoms with van der Waals surface area (Å²) in [5, 5.41) is 2.97. The zero-order chi connectivity index (χ0) is 16.3. The summed E-state index contributed by atoms with van der Waals surface area (Å²) in [7, 11) is 1.62. The van der Waals surface area contributed by atoms with E-state index in [9.17, 15) is 9.18 Å². The number of morpholine rings is 1. The van der Waals surface area contributed by atoms with E-state index in [0.717, 1.165) is 12.8 Å². The van der Waals surface area contributed by atoms with E-state index in [-0.39, 0.29) is 23.4 Å². The van der Waals surface area contributed by atoms with Gasteiger partial charge in [-0.1, -0.05) is 18.2 Å². The Balaban J connectivity index is 1.56. The van der Waals surface area contributed by atoms with Gasteiger partial charge in [0.25, 0.3) is 0 Å². The van der Waals surface area contributed by atoms with Gasteiger partial charge in [0, 0.05) is 25.6 Å². The van der Waals surface area contributed by atoms with Crippen LogP contribution in [0.15, 0.2) is 24.3 Å². The van der Waals surface area contributed by atoms with Crippen molar-refractivity contribution in [3.63, 3.8) is 0 Å². The minimum atomic E-state index is -0.237. The predicted octanol–water partition coefficient (Wildman–Crippen LogP) is 1.91. The van der Waals surface area contributed by atoms with Crippen molar-refractivity contribution in [1.29, 1.82) is 0 Å². The van der Waals surface area contributed by atoms with Crippen molar-refractivity contribution in [3.8, 4) is 0 Å². The van der Waals surface area contributed by atoms with Crippen LogP contribution in [0.4, 0.5) is 9.18 Å². The van der Waals surface area contributed by atoms with Crippen molar-refractivity contribution in [2.45, 2.75) is 24.4 Å². The van der Waals surface area contributed by atoms with Crippen LogP contribution in [0.2, 0.25) is 0 Å². The highest BCUT2D eigenvalue weighted by Gasteiger charge is 2.46. The molecular formula is C17H23FN2O3. The standard InChI is InChI=1S/C17H23FN2O3/c1-22-11-13-10-20(8-9-23-13)16(21)19-12-17(6-7-17)14-4-2-3-5-15(14)18/h2-5,13H,6-12H2,1H3,(H,19,21)/t13-/m1/s1. The minimum Gasteiger partial charge on any atom is -0.382 e. The Morgan fingerprint density at radius 1 is 1.48 bits per heavy atom. The molecule has 3 rings (SSSR count). The summed E-state index contributed by atoms with van der Waals surface area (Å²) in [4.78, 5) is 14.1. The van der Waals surface area contributed by atoms with Crippen LogP contribution >= 0.6 is 0 Å². The fourth-order valence-electron chi connectivity index (χ4n) is 3.13. The highest BCUT2D eigenvalue weighted by atomic mass is 19.1. The first-order valence-corrected chi connectivity index (χ1v) is 8.03. The van der Waals surface area contributed by atoms with E-state index in [4.69, 9.17) is 9.47 Å². The van der Waals surface area contributed by atoms with Gasteiger partial charge in [-0.05, 0) is 24.5 Å². The Morgan fingerprint density at radius 2 is 2.26 bits per heavy atom. The van der Waals surface area contributed by atoms with Gasteiger partial charge in [-0.25, -0.2) is 9.18 Å². The lowest BCUT2D eigenvalue weighted by atomic mass is 9.95. The Morgan fingerprint density at radius 3 is 2.96 bits per heavy atom. The molecule has 1 saturated heterocycles. The summed E-state index contributed by atoms with van der Waals surface area (Å²) >= 11 is 0. The van der Waals surface area contributed by atoms with Crippen molar-refractivity contribution < 1.29 is 18.7 Å². The zero-order valence-corrected chi connectivity index (χ0v) is 13.4. The van der Waals surface area contributed by atoms with Crippen LogP contribution in [0, 0.1) is 5.82 Å². The van der Waals surface area contributed by atoms with E-state index in [0.29, 0.717) is 38.4 Å². The maximum atomic E-state index is 14.0. The molecule has 0 aromatic heterocycles. The lowest BCUT2D eigenvalue weighted by molar-refractivity contribution is -0.0494. The summed E-state index contributed by atoms with van der Waals surface area (Å²) in [6.45, 7) is 2.55. The molecule has 1 N–H and O–H groups in total. The van der Waals surface area contributed by atoms with Crippen molar-refractivity contribution in [1.82, 2.24) is 10.2 Å². The first-order chi connectivity index (χ1) is 11.1. The van der Waals surface area contributed by atoms with Crippen LogP contribution in [0.3, 0.4) is 0 Å². The van der Waals surface area contributed by atoms with Crippen LogP contribution in [0.1, 0.15) is 18.4 Å². The molecule has 2 amide bonds. The fraction of sp³-hybridized carbons (Fsp3) is 0.588. The van der Waals surface area contributed by atoms with Gasteiger partial charge in [-0.3, -0.25) is 0 Å². The summed E-state index contributed by atoms with van der Waals surface area (Å²) in [5.41, 5.74) is 0.471. The molecule has 2 aliphatic rings. The summed E-state index contributed by atoms with van der Waals surface area (Å²) in [6.07, 6.45) is 1.73. The molecule has 0 spiro atoms. The third-order valence-electron chi connectivity index (χ3n) is 4.66. The predicted molar refractivity (Wildman–Crippen MR) is 83.9 cm³/mol. The molecular weight excluding hydrogens is 299 g/mol. The molecule has 1 aliphatic carbocycles. The maximum absolute atomic E-state index is 14.0. The molecule has 1 aromatic carbocycles. The van der Waals surface area contributed by atoms with Gasteiger partial charge < -0.3 is 19.7 Å². The van der Waals surface area contributed by atoms with E-state index < -0.39 is 0 Å². The van der Waals surface area contributed by atoms with Crippen LogP contribution in [-0.4, -0.2) is 57.0 Å². The average Bonchev–Trinajstić information content (AvgIpc) is 3.35. The summed E-state index contributed by atoms with van der Waals surface area (Å²) < 4.78 is 24.6.